The van der Waals surface area contributed by atoms with Crippen LogP contribution in [-0.4, -0.2) is 160 Å². The largest absolute Gasteiger partial charge is 0.379 e. The number of aliphatic hydroxyl groups is 1. The minimum absolute atomic E-state index is 0.00324. The van der Waals surface area contributed by atoms with E-state index in [0.29, 0.717) is 43.7 Å². The molecule has 1 fully saturated rings. The number of nitrogens with one attached hydrogen (secondary N) is 5. The molecular formula is C38H58N8O10. The van der Waals surface area contributed by atoms with Gasteiger partial charge in [0.05, 0.1) is 26.4 Å². The summed E-state index contributed by atoms with van der Waals surface area (Å²) in [6, 6.07) is 4.54. The molecule has 56 heavy (non-hydrogen) atoms. The molecule has 3 atom stereocenters. The number of amides is 7. The Morgan fingerprint density at radius 1 is 0.804 bits per heavy atom. The second kappa shape index (κ2) is 24.0. The van der Waals surface area contributed by atoms with E-state index in [0.717, 1.165) is 30.1 Å². The summed E-state index contributed by atoms with van der Waals surface area (Å²) >= 11 is 0. The number of rotatable bonds is 24. The number of anilines is 1. The Kier molecular flexibility index (Phi) is 19.6. The molecule has 6 N–H and O–H groups in total. The van der Waals surface area contributed by atoms with Crippen LogP contribution in [-0.2, 0) is 43.0 Å². The lowest BCUT2D eigenvalue weighted by molar-refractivity contribution is -0.142. The molecule has 1 saturated heterocycles. The molecule has 7 amide bonds. The van der Waals surface area contributed by atoms with E-state index in [1.807, 2.05) is 7.05 Å². The SMILES string of the molecule is CNCCC[C@H](NC(=O)[C@@H](NC(=O)CCOCCOCCNC(=O)CCN1C(=O)C=CC1=O)C(C)C)C(=O)Nc1ccc(C(O)C(=O)N2CCN(C)CC2)cc1. The van der Waals surface area contributed by atoms with Crippen molar-refractivity contribution >= 4 is 47.0 Å². The Bertz CT molecular complexity index is 1500. The maximum atomic E-state index is 13.4. The molecule has 0 spiro atoms. The van der Waals surface area contributed by atoms with Gasteiger partial charge in [0.2, 0.25) is 23.6 Å². The van der Waals surface area contributed by atoms with Gasteiger partial charge in [-0.2, -0.15) is 0 Å². The second-order valence-corrected chi connectivity index (χ2v) is 14.0. The number of nitrogens with zero attached hydrogens (tertiary/aromatic N) is 3. The second-order valence-electron chi connectivity index (χ2n) is 14.0. The number of carbonyl (C=O) groups excluding carboxylic acids is 7. The van der Waals surface area contributed by atoms with Crippen molar-refractivity contribution in [2.24, 2.45) is 5.92 Å². The quantitative estimate of drug-likeness (QED) is 0.0543. The third-order valence-corrected chi connectivity index (χ3v) is 9.24. The summed E-state index contributed by atoms with van der Waals surface area (Å²) in [6.07, 6.45) is 1.90. The highest BCUT2D eigenvalue weighted by molar-refractivity contribution is 6.13. The first-order valence-electron chi connectivity index (χ1n) is 19.1. The molecule has 2 aliphatic heterocycles. The highest BCUT2D eigenvalue weighted by atomic mass is 16.5. The Balaban J connectivity index is 1.38. The van der Waals surface area contributed by atoms with Crippen LogP contribution in [0.1, 0.15) is 51.2 Å². The van der Waals surface area contributed by atoms with Crippen molar-refractivity contribution in [3.8, 4) is 0 Å². The van der Waals surface area contributed by atoms with Crippen LogP contribution in [0.25, 0.3) is 0 Å². The molecule has 1 unspecified atom stereocenters. The number of benzene rings is 1. The van der Waals surface area contributed by atoms with Gasteiger partial charge in [-0.3, -0.25) is 38.5 Å². The van der Waals surface area contributed by atoms with Gasteiger partial charge in [0, 0.05) is 69.9 Å². The highest BCUT2D eigenvalue weighted by Crippen LogP contribution is 2.20. The van der Waals surface area contributed by atoms with Crippen LogP contribution in [0.5, 0.6) is 0 Å². The van der Waals surface area contributed by atoms with E-state index in [4.69, 9.17) is 9.47 Å². The fourth-order valence-corrected chi connectivity index (χ4v) is 5.82. The van der Waals surface area contributed by atoms with Crippen LogP contribution >= 0.6 is 0 Å². The zero-order chi connectivity index (χ0) is 41.0. The number of carbonyl (C=O) groups is 7. The molecule has 0 bridgehead atoms. The smallest absolute Gasteiger partial charge is 0.256 e. The average Bonchev–Trinajstić information content (AvgIpc) is 3.50. The zero-order valence-electron chi connectivity index (χ0n) is 32.8. The molecule has 0 aromatic heterocycles. The molecule has 2 heterocycles. The molecule has 1 aromatic carbocycles. The number of ether oxygens (including phenoxy) is 2. The number of imide groups is 1. The van der Waals surface area contributed by atoms with Crippen LogP contribution in [0, 0.1) is 5.92 Å². The number of hydrogen-bond donors (Lipinski definition) is 6. The first kappa shape index (κ1) is 45.6. The normalized spacial score (nSPS) is 16.1. The van der Waals surface area contributed by atoms with Crippen LogP contribution in [0.3, 0.4) is 0 Å². The predicted octanol–water partition coefficient (Wildman–Crippen LogP) is -1.09. The van der Waals surface area contributed by atoms with E-state index in [1.165, 1.54) is 0 Å². The monoisotopic (exact) mass is 786 g/mol. The Morgan fingerprint density at radius 2 is 1.45 bits per heavy atom. The summed E-state index contributed by atoms with van der Waals surface area (Å²) in [5.74, 6) is -3.21. The number of aliphatic hydroxyl groups excluding tert-OH is 1. The van der Waals surface area contributed by atoms with Gasteiger partial charge < -0.3 is 51.0 Å². The van der Waals surface area contributed by atoms with E-state index in [1.54, 1.807) is 50.1 Å². The Morgan fingerprint density at radius 3 is 2.07 bits per heavy atom. The van der Waals surface area contributed by atoms with Gasteiger partial charge in [-0.1, -0.05) is 26.0 Å². The fourth-order valence-electron chi connectivity index (χ4n) is 5.82. The highest BCUT2D eigenvalue weighted by Gasteiger charge is 2.30. The van der Waals surface area contributed by atoms with Crippen molar-refractivity contribution in [2.45, 2.75) is 57.7 Å². The number of likely N-dealkylation sites (N-methyl/N-ethyl adjacent to an activating group) is 1. The van der Waals surface area contributed by atoms with Gasteiger partial charge in [0.1, 0.15) is 12.1 Å². The Hall–Kier alpha value is -4.75. The van der Waals surface area contributed by atoms with Gasteiger partial charge in [0.25, 0.3) is 17.7 Å². The molecule has 1 aromatic rings. The minimum Gasteiger partial charge on any atom is -0.379 e. The van der Waals surface area contributed by atoms with E-state index in [9.17, 15) is 38.7 Å². The third-order valence-electron chi connectivity index (χ3n) is 9.24. The Labute approximate surface area is 328 Å². The summed E-state index contributed by atoms with van der Waals surface area (Å²) in [5, 5.41) is 24.7. The standard InChI is InChI=1S/C38H58N8O10/c1-26(2)34(43-31(48)14-22-55-24-25-56-23-16-40-30(47)13-17-46-32(49)11-12-33(46)50)37(53)42-29(6-5-15-39-3)36(52)41-28-9-7-27(8-10-28)35(51)38(54)45-20-18-44(4)19-21-45/h7-12,26,29,34-35,39,51H,5-6,13-25H2,1-4H3,(H,40,47)(H,41,52)(H,42,53)(H,43,48)/t29-,34-,35?/m0/s1. The van der Waals surface area contributed by atoms with E-state index in [-0.39, 0.29) is 70.1 Å². The number of piperazine rings is 1. The van der Waals surface area contributed by atoms with Crippen molar-refractivity contribution in [3.05, 3.63) is 42.0 Å². The molecule has 0 aliphatic carbocycles. The molecule has 0 saturated carbocycles. The maximum absolute atomic E-state index is 13.4. The molecule has 18 nitrogen and oxygen atoms in total. The van der Waals surface area contributed by atoms with Crippen molar-refractivity contribution < 1.29 is 48.1 Å². The van der Waals surface area contributed by atoms with E-state index < -0.39 is 47.7 Å². The third kappa shape index (κ3) is 15.4. The summed E-state index contributed by atoms with van der Waals surface area (Å²) < 4.78 is 10.9. The summed E-state index contributed by atoms with van der Waals surface area (Å²) in [4.78, 5) is 92.2. The van der Waals surface area contributed by atoms with Gasteiger partial charge in [-0.05, 0) is 57.1 Å². The van der Waals surface area contributed by atoms with Crippen LogP contribution in [0.15, 0.2) is 36.4 Å². The summed E-state index contributed by atoms with van der Waals surface area (Å²) in [5.41, 5.74) is 0.834. The first-order chi connectivity index (χ1) is 26.8. The molecule has 18 heteroatoms. The van der Waals surface area contributed by atoms with Gasteiger partial charge in [0.15, 0.2) is 6.10 Å². The maximum Gasteiger partial charge on any atom is 0.256 e. The lowest BCUT2D eigenvalue weighted by atomic mass is 10.0. The molecule has 0 radical (unpaired) electrons. The van der Waals surface area contributed by atoms with Crippen molar-refractivity contribution in [2.75, 3.05) is 91.7 Å². The van der Waals surface area contributed by atoms with Crippen LogP contribution in [0.2, 0.25) is 0 Å². The minimum atomic E-state index is -1.32. The lowest BCUT2D eigenvalue weighted by Crippen LogP contribution is -2.54. The lowest BCUT2D eigenvalue weighted by Gasteiger charge is -2.33. The van der Waals surface area contributed by atoms with Crippen molar-refractivity contribution in [1.82, 2.24) is 36.0 Å². The van der Waals surface area contributed by atoms with Gasteiger partial charge in [-0.25, -0.2) is 0 Å². The molecular weight excluding hydrogens is 728 g/mol. The average molecular weight is 787 g/mol. The predicted molar refractivity (Wildman–Crippen MR) is 206 cm³/mol. The first-order valence-corrected chi connectivity index (χ1v) is 19.1. The van der Waals surface area contributed by atoms with Crippen LogP contribution < -0.4 is 26.6 Å². The summed E-state index contributed by atoms with van der Waals surface area (Å²) in [6.45, 7) is 7.68. The van der Waals surface area contributed by atoms with Gasteiger partial charge >= 0.3 is 0 Å². The topological polar surface area (TPSA) is 228 Å². The summed E-state index contributed by atoms with van der Waals surface area (Å²) in [7, 11) is 3.77. The van der Waals surface area contributed by atoms with Crippen molar-refractivity contribution in [1.29, 1.82) is 0 Å². The molecule has 2 aliphatic rings. The zero-order valence-corrected chi connectivity index (χ0v) is 32.8. The van der Waals surface area contributed by atoms with E-state index in [2.05, 4.69) is 31.5 Å². The van der Waals surface area contributed by atoms with Crippen molar-refractivity contribution in [3.63, 3.8) is 0 Å². The van der Waals surface area contributed by atoms with Crippen LogP contribution in [0.4, 0.5) is 5.69 Å². The fraction of sp³-hybridized carbons (Fsp3) is 0.605. The van der Waals surface area contributed by atoms with Gasteiger partial charge in [-0.15, -0.1) is 0 Å². The van der Waals surface area contributed by atoms with E-state index >= 15 is 0 Å². The molecule has 3 rings (SSSR count). The molecule has 310 valence electrons. The number of hydrogen-bond acceptors (Lipinski definition) is 12.